The highest BCUT2D eigenvalue weighted by Crippen LogP contribution is 2.27. The Kier molecular flexibility index (Phi) is 4.37. The molecule has 6 heteroatoms. The van der Waals surface area contributed by atoms with Crippen molar-refractivity contribution >= 4 is 11.4 Å². The standard InChI is InChI=1S/C15H15FN2O3/c1-10(11-4-3-5-12(8-11)18(19)20)17-15-9-13(21-2)6-7-14(15)16/h3-10,17H,1-2H3. The van der Waals surface area contributed by atoms with Crippen molar-refractivity contribution in [3.8, 4) is 5.75 Å². The number of ether oxygens (including phenoxy) is 1. The third-order valence-electron chi connectivity index (χ3n) is 3.13. The van der Waals surface area contributed by atoms with Gasteiger partial charge in [0.15, 0.2) is 0 Å². The molecular formula is C15H15FN2O3. The molecule has 1 unspecified atom stereocenters. The number of nitro groups is 1. The number of non-ortho nitro benzene ring substituents is 1. The van der Waals surface area contributed by atoms with E-state index in [2.05, 4.69) is 5.32 Å². The minimum absolute atomic E-state index is 0.00673. The van der Waals surface area contributed by atoms with Gasteiger partial charge >= 0.3 is 0 Å². The van der Waals surface area contributed by atoms with E-state index >= 15 is 0 Å². The second kappa shape index (κ2) is 6.21. The molecule has 0 bridgehead atoms. The summed E-state index contributed by atoms with van der Waals surface area (Å²) in [5, 5.41) is 13.8. The van der Waals surface area contributed by atoms with Gasteiger partial charge in [0.25, 0.3) is 5.69 Å². The van der Waals surface area contributed by atoms with E-state index in [4.69, 9.17) is 4.74 Å². The molecule has 0 aliphatic rings. The van der Waals surface area contributed by atoms with Crippen LogP contribution in [0, 0.1) is 15.9 Å². The predicted octanol–water partition coefficient (Wildman–Crippen LogP) is 3.92. The maximum atomic E-state index is 13.8. The molecule has 2 aromatic carbocycles. The Balaban J connectivity index is 2.23. The summed E-state index contributed by atoms with van der Waals surface area (Å²) in [5.41, 5.74) is 0.993. The van der Waals surface area contributed by atoms with Gasteiger partial charge in [-0.1, -0.05) is 12.1 Å². The van der Waals surface area contributed by atoms with Crippen LogP contribution in [0.5, 0.6) is 5.75 Å². The lowest BCUT2D eigenvalue weighted by Crippen LogP contribution is -2.08. The zero-order chi connectivity index (χ0) is 15.4. The number of rotatable bonds is 5. The third-order valence-corrected chi connectivity index (χ3v) is 3.13. The molecule has 1 N–H and O–H groups in total. The van der Waals surface area contributed by atoms with Crippen molar-refractivity contribution in [2.45, 2.75) is 13.0 Å². The summed E-state index contributed by atoms with van der Waals surface area (Å²) in [6.07, 6.45) is 0. The summed E-state index contributed by atoms with van der Waals surface area (Å²) < 4.78 is 18.8. The predicted molar refractivity (Wildman–Crippen MR) is 78.1 cm³/mol. The second-order valence-corrected chi connectivity index (χ2v) is 4.56. The van der Waals surface area contributed by atoms with Crippen LogP contribution in [0.1, 0.15) is 18.5 Å². The Morgan fingerprint density at radius 1 is 1.29 bits per heavy atom. The van der Waals surface area contributed by atoms with E-state index in [0.29, 0.717) is 11.3 Å². The van der Waals surface area contributed by atoms with Gasteiger partial charge in [-0.3, -0.25) is 10.1 Å². The normalized spacial score (nSPS) is 11.8. The Morgan fingerprint density at radius 3 is 2.71 bits per heavy atom. The molecule has 110 valence electrons. The minimum atomic E-state index is -0.456. The molecule has 0 aromatic heterocycles. The van der Waals surface area contributed by atoms with Gasteiger partial charge in [-0.25, -0.2) is 4.39 Å². The summed E-state index contributed by atoms with van der Waals surface area (Å²) >= 11 is 0. The number of methoxy groups -OCH3 is 1. The largest absolute Gasteiger partial charge is 0.497 e. The number of benzene rings is 2. The molecule has 0 saturated heterocycles. The monoisotopic (exact) mass is 290 g/mol. The van der Waals surface area contributed by atoms with Crippen LogP contribution in [-0.4, -0.2) is 12.0 Å². The van der Waals surface area contributed by atoms with Gasteiger partial charge in [-0.2, -0.15) is 0 Å². The van der Waals surface area contributed by atoms with Gasteiger partial charge in [-0.05, 0) is 24.6 Å². The van der Waals surface area contributed by atoms with E-state index in [-0.39, 0.29) is 17.4 Å². The molecule has 2 aromatic rings. The molecule has 0 saturated carbocycles. The van der Waals surface area contributed by atoms with Crippen LogP contribution in [-0.2, 0) is 0 Å². The molecule has 0 heterocycles. The molecule has 2 rings (SSSR count). The van der Waals surface area contributed by atoms with Crippen LogP contribution in [0.2, 0.25) is 0 Å². The Labute approximate surface area is 121 Å². The molecule has 0 fully saturated rings. The molecule has 0 amide bonds. The summed E-state index contributed by atoms with van der Waals surface area (Å²) in [6, 6.07) is 10.3. The smallest absolute Gasteiger partial charge is 0.269 e. The number of hydrogen-bond acceptors (Lipinski definition) is 4. The lowest BCUT2D eigenvalue weighted by molar-refractivity contribution is -0.384. The van der Waals surface area contributed by atoms with E-state index in [1.807, 2.05) is 0 Å². The number of hydrogen-bond donors (Lipinski definition) is 1. The lowest BCUT2D eigenvalue weighted by atomic mass is 10.1. The Morgan fingerprint density at radius 2 is 2.05 bits per heavy atom. The summed E-state index contributed by atoms with van der Waals surface area (Å²) in [7, 11) is 1.50. The highest BCUT2D eigenvalue weighted by atomic mass is 19.1. The van der Waals surface area contributed by atoms with E-state index in [9.17, 15) is 14.5 Å². The van der Waals surface area contributed by atoms with Gasteiger partial charge in [-0.15, -0.1) is 0 Å². The average Bonchev–Trinajstić information content (AvgIpc) is 2.49. The molecule has 5 nitrogen and oxygen atoms in total. The van der Waals surface area contributed by atoms with Crippen LogP contribution >= 0.6 is 0 Å². The van der Waals surface area contributed by atoms with Gasteiger partial charge in [0, 0.05) is 24.2 Å². The van der Waals surface area contributed by atoms with Crippen LogP contribution in [0.3, 0.4) is 0 Å². The Hall–Kier alpha value is -2.63. The summed E-state index contributed by atoms with van der Waals surface area (Å²) in [4.78, 5) is 10.3. The van der Waals surface area contributed by atoms with Crippen molar-refractivity contribution in [2.75, 3.05) is 12.4 Å². The molecule has 0 radical (unpaired) electrons. The van der Waals surface area contributed by atoms with Gasteiger partial charge in [0.05, 0.1) is 17.7 Å². The number of halogens is 1. The molecule has 0 aliphatic carbocycles. The first-order valence-corrected chi connectivity index (χ1v) is 6.35. The van der Waals surface area contributed by atoms with Crippen molar-refractivity contribution in [2.24, 2.45) is 0 Å². The van der Waals surface area contributed by atoms with E-state index in [0.717, 1.165) is 0 Å². The Bertz CT molecular complexity index is 661. The number of anilines is 1. The fraction of sp³-hybridized carbons (Fsp3) is 0.200. The molecule has 0 spiro atoms. The fourth-order valence-electron chi connectivity index (χ4n) is 1.97. The van der Waals surface area contributed by atoms with Crippen LogP contribution in [0.15, 0.2) is 42.5 Å². The number of nitrogens with zero attached hydrogens (tertiary/aromatic N) is 1. The first-order valence-electron chi connectivity index (χ1n) is 6.35. The van der Waals surface area contributed by atoms with Crippen molar-refractivity contribution in [3.05, 3.63) is 64.0 Å². The SMILES string of the molecule is COc1ccc(F)c(NC(C)c2cccc([N+](=O)[O-])c2)c1. The lowest BCUT2D eigenvalue weighted by Gasteiger charge is -2.16. The fourth-order valence-corrected chi connectivity index (χ4v) is 1.97. The van der Waals surface area contributed by atoms with Crippen molar-refractivity contribution in [1.29, 1.82) is 0 Å². The minimum Gasteiger partial charge on any atom is -0.497 e. The second-order valence-electron chi connectivity index (χ2n) is 4.56. The van der Waals surface area contributed by atoms with Crippen LogP contribution < -0.4 is 10.1 Å². The maximum absolute atomic E-state index is 13.8. The van der Waals surface area contributed by atoms with Crippen LogP contribution in [0.4, 0.5) is 15.8 Å². The topological polar surface area (TPSA) is 64.4 Å². The molecule has 21 heavy (non-hydrogen) atoms. The van der Waals surface area contributed by atoms with Gasteiger partial charge < -0.3 is 10.1 Å². The van der Waals surface area contributed by atoms with E-state index < -0.39 is 10.7 Å². The summed E-state index contributed by atoms with van der Waals surface area (Å²) in [6.45, 7) is 1.80. The first-order chi connectivity index (χ1) is 10.0. The molecule has 1 atom stereocenters. The first kappa shape index (κ1) is 14.8. The third kappa shape index (κ3) is 3.47. The molecular weight excluding hydrogens is 275 g/mol. The average molecular weight is 290 g/mol. The zero-order valence-electron chi connectivity index (χ0n) is 11.7. The highest BCUT2D eigenvalue weighted by molar-refractivity contribution is 5.51. The van der Waals surface area contributed by atoms with E-state index in [1.54, 1.807) is 25.1 Å². The van der Waals surface area contributed by atoms with Crippen molar-refractivity contribution in [1.82, 2.24) is 0 Å². The quantitative estimate of drug-likeness (QED) is 0.669. The number of nitrogens with one attached hydrogen (secondary N) is 1. The zero-order valence-corrected chi connectivity index (χ0v) is 11.7. The van der Waals surface area contributed by atoms with Gasteiger partial charge in [0.1, 0.15) is 11.6 Å². The van der Waals surface area contributed by atoms with Gasteiger partial charge in [0.2, 0.25) is 0 Å². The molecule has 0 aliphatic heterocycles. The van der Waals surface area contributed by atoms with Crippen molar-refractivity contribution in [3.63, 3.8) is 0 Å². The maximum Gasteiger partial charge on any atom is 0.269 e. The van der Waals surface area contributed by atoms with E-state index in [1.165, 1.54) is 31.4 Å². The highest BCUT2D eigenvalue weighted by Gasteiger charge is 2.13. The van der Waals surface area contributed by atoms with Crippen LogP contribution in [0.25, 0.3) is 0 Å². The number of nitro benzene ring substituents is 1. The summed E-state index contributed by atoms with van der Waals surface area (Å²) in [5.74, 6) is 0.123. The van der Waals surface area contributed by atoms with Crippen molar-refractivity contribution < 1.29 is 14.1 Å².